The maximum Gasteiger partial charge on any atom is 0.0951 e. The molecule has 76 valence electrons. The minimum Gasteiger partial charge on any atom is -0.330 e. The molecule has 1 heterocycles. The van der Waals surface area contributed by atoms with Crippen LogP contribution in [0.25, 0.3) is 0 Å². The lowest BCUT2D eigenvalue weighted by atomic mass is 9.93. The molecule has 3 nitrogen and oxygen atoms in total. The van der Waals surface area contributed by atoms with E-state index < -0.39 is 0 Å². The topological polar surface area (TPSA) is 29.9 Å². The first kappa shape index (κ1) is 8.48. The van der Waals surface area contributed by atoms with Crippen LogP contribution in [0.5, 0.6) is 0 Å². The number of aromatic nitrogens is 2. The lowest BCUT2D eigenvalue weighted by Crippen LogP contribution is -2.22. The minimum atomic E-state index is 0.744. The van der Waals surface area contributed by atoms with Gasteiger partial charge in [-0.2, -0.15) is 0 Å². The van der Waals surface area contributed by atoms with Gasteiger partial charge in [-0.05, 0) is 32.1 Å². The Hall–Kier alpha value is -0.830. The second-order valence-electron chi connectivity index (χ2n) is 4.53. The maximum atomic E-state index is 4.25. The zero-order valence-electron chi connectivity index (χ0n) is 8.45. The van der Waals surface area contributed by atoms with Crippen LogP contribution in [0.1, 0.15) is 43.8 Å². The first-order valence-corrected chi connectivity index (χ1v) is 5.67. The molecule has 2 fully saturated rings. The first-order valence-electron chi connectivity index (χ1n) is 5.67. The van der Waals surface area contributed by atoms with Gasteiger partial charge in [0, 0.05) is 24.8 Å². The van der Waals surface area contributed by atoms with Crippen molar-refractivity contribution < 1.29 is 0 Å². The van der Waals surface area contributed by atoms with Crippen molar-refractivity contribution >= 4 is 0 Å². The number of imidazole rings is 1. The molecule has 0 saturated heterocycles. The van der Waals surface area contributed by atoms with Crippen molar-refractivity contribution in [1.29, 1.82) is 0 Å². The third kappa shape index (κ3) is 1.57. The Bertz CT molecular complexity index is 310. The van der Waals surface area contributed by atoms with E-state index >= 15 is 0 Å². The van der Waals surface area contributed by atoms with Crippen LogP contribution >= 0.6 is 0 Å². The zero-order valence-corrected chi connectivity index (χ0v) is 8.45. The summed E-state index contributed by atoms with van der Waals surface area (Å²) in [6.07, 6.45) is 10.8. The Balaban J connectivity index is 1.65. The third-order valence-electron chi connectivity index (χ3n) is 3.36. The molecule has 0 unspecified atom stereocenters. The van der Waals surface area contributed by atoms with Crippen LogP contribution in [0.3, 0.4) is 0 Å². The lowest BCUT2D eigenvalue weighted by molar-refractivity contribution is 0.305. The summed E-state index contributed by atoms with van der Waals surface area (Å²) in [5.41, 5.74) is 1.36. The van der Waals surface area contributed by atoms with Gasteiger partial charge in [0.05, 0.1) is 12.0 Å². The summed E-state index contributed by atoms with van der Waals surface area (Å²) in [6, 6.07) is 1.54. The molecule has 0 amide bonds. The summed E-state index contributed by atoms with van der Waals surface area (Å²) in [5.74, 6) is 0. The molecule has 3 rings (SSSR count). The van der Waals surface area contributed by atoms with Crippen LogP contribution in [0.15, 0.2) is 12.5 Å². The van der Waals surface area contributed by atoms with Crippen molar-refractivity contribution in [1.82, 2.24) is 14.9 Å². The Morgan fingerprint density at radius 3 is 2.86 bits per heavy atom. The third-order valence-corrected chi connectivity index (χ3v) is 3.36. The lowest BCUT2D eigenvalue weighted by Gasteiger charge is -2.28. The zero-order chi connectivity index (χ0) is 9.38. The predicted molar refractivity (Wildman–Crippen MR) is 55.0 cm³/mol. The molecular formula is C11H17N3. The quantitative estimate of drug-likeness (QED) is 0.787. The molecule has 1 aromatic rings. The molecule has 0 bridgehead atoms. The van der Waals surface area contributed by atoms with E-state index in [1.54, 1.807) is 0 Å². The fourth-order valence-electron chi connectivity index (χ4n) is 2.00. The van der Waals surface area contributed by atoms with E-state index in [2.05, 4.69) is 14.9 Å². The molecule has 0 radical (unpaired) electrons. The molecule has 0 spiro atoms. The van der Waals surface area contributed by atoms with Crippen LogP contribution in [0, 0.1) is 0 Å². The van der Waals surface area contributed by atoms with Gasteiger partial charge in [0.1, 0.15) is 0 Å². The number of rotatable bonds is 4. The maximum absolute atomic E-state index is 4.25. The van der Waals surface area contributed by atoms with Gasteiger partial charge < -0.3 is 9.88 Å². The van der Waals surface area contributed by atoms with E-state index in [-0.39, 0.29) is 0 Å². The number of hydrogen-bond acceptors (Lipinski definition) is 2. The van der Waals surface area contributed by atoms with Crippen LogP contribution in [-0.4, -0.2) is 15.6 Å². The normalized spacial score (nSPS) is 22.3. The molecule has 1 aromatic heterocycles. The second kappa shape index (κ2) is 3.39. The minimum absolute atomic E-state index is 0.744. The van der Waals surface area contributed by atoms with Gasteiger partial charge in [0.15, 0.2) is 0 Å². The fraction of sp³-hybridized carbons (Fsp3) is 0.727. The van der Waals surface area contributed by atoms with Gasteiger partial charge in [-0.3, -0.25) is 0 Å². The summed E-state index contributed by atoms with van der Waals surface area (Å²) < 4.78 is 2.36. The van der Waals surface area contributed by atoms with Gasteiger partial charge in [0.25, 0.3) is 0 Å². The molecule has 2 aliphatic rings. The largest absolute Gasteiger partial charge is 0.330 e. The summed E-state index contributed by atoms with van der Waals surface area (Å²) in [6.45, 7) is 1.00. The monoisotopic (exact) mass is 191 g/mol. The van der Waals surface area contributed by atoms with Gasteiger partial charge in [-0.15, -0.1) is 0 Å². The number of nitrogens with one attached hydrogen (secondary N) is 1. The van der Waals surface area contributed by atoms with Crippen LogP contribution in [-0.2, 0) is 6.54 Å². The summed E-state index contributed by atoms with van der Waals surface area (Å²) >= 11 is 0. The molecule has 0 aliphatic heterocycles. The van der Waals surface area contributed by atoms with Crippen LogP contribution < -0.4 is 5.32 Å². The van der Waals surface area contributed by atoms with E-state index in [0.29, 0.717) is 0 Å². The van der Waals surface area contributed by atoms with Crippen molar-refractivity contribution in [2.45, 2.75) is 50.7 Å². The molecule has 0 atom stereocenters. The number of nitrogens with zero attached hydrogens (tertiary/aromatic N) is 2. The fourth-order valence-corrected chi connectivity index (χ4v) is 2.00. The average molecular weight is 191 g/mol. The standard InChI is InChI=1S/C11H17N3/c1-2-10(3-1)14-8-12-6-11(14)7-13-9-4-5-9/h6,8-10,13H,1-5,7H2. The van der Waals surface area contributed by atoms with E-state index in [1.165, 1.54) is 37.8 Å². The van der Waals surface area contributed by atoms with Crippen molar-refractivity contribution in [3.63, 3.8) is 0 Å². The van der Waals surface area contributed by atoms with Gasteiger partial charge in [-0.25, -0.2) is 4.98 Å². The highest BCUT2D eigenvalue weighted by Crippen LogP contribution is 2.32. The number of hydrogen-bond donors (Lipinski definition) is 1. The van der Waals surface area contributed by atoms with E-state index in [0.717, 1.165) is 18.6 Å². The molecular weight excluding hydrogens is 174 g/mol. The Labute approximate surface area is 84.5 Å². The van der Waals surface area contributed by atoms with Crippen molar-refractivity contribution in [2.24, 2.45) is 0 Å². The smallest absolute Gasteiger partial charge is 0.0951 e. The molecule has 14 heavy (non-hydrogen) atoms. The van der Waals surface area contributed by atoms with Gasteiger partial charge >= 0.3 is 0 Å². The summed E-state index contributed by atoms with van der Waals surface area (Å²) in [5, 5.41) is 3.54. The van der Waals surface area contributed by atoms with E-state index in [4.69, 9.17) is 0 Å². The Morgan fingerprint density at radius 2 is 2.21 bits per heavy atom. The van der Waals surface area contributed by atoms with Crippen molar-refractivity contribution in [2.75, 3.05) is 0 Å². The Kier molecular flexibility index (Phi) is 2.05. The second-order valence-corrected chi connectivity index (χ2v) is 4.53. The molecule has 3 heteroatoms. The summed E-state index contributed by atoms with van der Waals surface area (Å²) in [4.78, 5) is 4.25. The highest BCUT2D eigenvalue weighted by Gasteiger charge is 2.23. The molecule has 2 saturated carbocycles. The molecule has 0 aromatic carbocycles. The predicted octanol–water partition coefficient (Wildman–Crippen LogP) is 1.86. The SMILES string of the molecule is c1ncn(C2CCC2)c1CNC1CC1. The van der Waals surface area contributed by atoms with Gasteiger partial charge in [-0.1, -0.05) is 0 Å². The van der Waals surface area contributed by atoms with E-state index in [1.807, 2.05) is 12.5 Å². The highest BCUT2D eigenvalue weighted by molar-refractivity contribution is 5.02. The summed E-state index contributed by atoms with van der Waals surface area (Å²) in [7, 11) is 0. The highest BCUT2D eigenvalue weighted by atomic mass is 15.1. The van der Waals surface area contributed by atoms with Crippen LogP contribution in [0.4, 0.5) is 0 Å². The van der Waals surface area contributed by atoms with E-state index in [9.17, 15) is 0 Å². The first-order chi connectivity index (χ1) is 6.93. The Morgan fingerprint density at radius 1 is 1.36 bits per heavy atom. The van der Waals surface area contributed by atoms with Crippen molar-refractivity contribution in [3.05, 3.63) is 18.2 Å². The molecule has 1 N–H and O–H groups in total. The van der Waals surface area contributed by atoms with Crippen LogP contribution in [0.2, 0.25) is 0 Å². The van der Waals surface area contributed by atoms with Crippen molar-refractivity contribution in [3.8, 4) is 0 Å². The average Bonchev–Trinajstić information content (AvgIpc) is 2.82. The van der Waals surface area contributed by atoms with Gasteiger partial charge in [0.2, 0.25) is 0 Å². The molecule has 2 aliphatic carbocycles.